The van der Waals surface area contributed by atoms with Gasteiger partial charge in [0.2, 0.25) is 5.91 Å². The monoisotopic (exact) mass is 289 g/mol. The first kappa shape index (κ1) is 15.3. The third-order valence-corrected chi connectivity index (χ3v) is 3.48. The van der Waals surface area contributed by atoms with Crippen LogP contribution in [0.25, 0.3) is 6.08 Å². The molecule has 0 aromatic heterocycles. The molecule has 0 bridgehead atoms. The summed E-state index contributed by atoms with van der Waals surface area (Å²) in [7, 11) is 0. The van der Waals surface area contributed by atoms with Crippen LogP contribution in [-0.2, 0) is 14.3 Å². The number of amides is 1. The summed E-state index contributed by atoms with van der Waals surface area (Å²) in [4.78, 5) is 24.5. The van der Waals surface area contributed by atoms with E-state index in [9.17, 15) is 9.59 Å². The van der Waals surface area contributed by atoms with E-state index in [4.69, 9.17) is 9.84 Å². The van der Waals surface area contributed by atoms with Crippen molar-refractivity contribution in [3.8, 4) is 0 Å². The van der Waals surface area contributed by atoms with Gasteiger partial charge in [0.15, 0.2) is 6.10 Å². The summed E-state index contributed by atoms with van der Waals surface area (Å²) >= 11 is 0. The number of benzene rings is 1. The van der Waals surface area contributed by atoms with Crippen LogP contribution in [-0.4, -0.2) is 47.7 Å². The number of carbonyl (C=O) groups is 2. The lowest BCUT2D eigenvalue weighted by molar-refractivity contribution is -0.158. The van der Waals surface area contributed by atoms with Gasteiger partial charge >= 0.3 is 5.97 Å². The molecule has 0 radical (unpaired) electrons. The summed E-state index contributed by atoms with van der Waals surface area (Å²) in [6.07, 6.45) is 2.32. The molecule has 2 rings (SSSR count). The van der Waals surface area contributed by atoms with Crippen LogP contribution in [0.4, 0.5) is 0 Å². The van der Waals surface area contributed by atoms with Crippen molar-refractivity contribution in [2.75, 3.05) is 19.7 Å². The van der Waals surface area contributed by atoms with Crippen LogP contribution in [0.2, 0.25) is 0 Å². The van der Waals surface area contributed by atoms with Crippen LogP contribution >= 0.6 is 0 Å². The number of hydrogen-bond acceptors (Lipinski definition) is 3. The Morgan fingerprint density at radius 2 is 2.14 bits per heavy atom. The quantitative estimate of drug-likeness (QED) is 0.859. The molecule has 1 unspecified atom stereocenters. The summed E-state index contributed by atoms with van der Waals surface area (Å²) in [5.74, 6) is -1.23. The standard InChI is InChI=1S/C16H19NO4/c1-11-3-4-13(12(2)9-11)5-6-15(18)17-7-8-21-14(10-17)16(19)20/h3-6,9,14H,7-8,10H2,1-2H3,(H,19,20). The third-order valence-electron chi connectivity index (χ3n) is 3.48. The number of rotatable bonds is 3. The van der Waals surface area contributed by atoms with E-state index in [1.54, 1.807) is 6.08 Å². The number of ether oxygens (including phenoxy) is 1. The van der Waals surface area contributed by atoms with E-state index in [0.29, 0.717) is 6.54 Å². The molecule has 1 fully saturated rings. The Morgan fingerprint density at radius 3 is 2.81 bits per heavy atom. The molecule has 1 N–H and O–H groups in total. The molecule has 0 spiro atoms. The van der Waals surface area contributed by atoms with Crippen LogP contribution in [0, 0.1) is 13.8 Å². The summed E-state index contributed by atoms with van der Waals surface area (Å²) in [5.41, 5.74) is 3.26. The predicted molar refractivity (Wildman–Crippen MR) is 78.9 cm³/mol. The lowest BCUT2D eigenvalue weighted by Crippen LogP contribution is -2.48. The van der Waals surface area contributed by atoms with Crippen LogP contribution < -0.4 is 0 Å². The number of carbonyl (C=O) groups excluding carboxylic acids is 1. The maximum Gasteiger partial charge on any atom is 0.334 e. The van der Waals surface area contributed by atoms with Gasteiger partial charge in [0.25, 0.3) is 0 Å². The number of aryl methyl sites for hydroxylation is 2. The van der Waals surface area contributed by atoms with E-state index in [-0.39, 0.29) is 19.1 Å². The minimum atomic E-state index is -1.04. The molecule has 1 aliphatic rings. The number of aliphatic carboxylic acids is 1. The lowest BCUT2D eigenvalue weighted by Gasteiger charge is -2.30. The van der Waals surface area contributed by atoms with Crippen molar-refractivity contribution < 1.29 is 19.4 Å². The number of carboxylic acid groups (broad SMARTS) is 1. The lowest BCUT2D eigenvalue weighted by atomic mass is 10.1. The summed E-state index contributed by atoms with van der Waals surface area (Å²) < 4.78 is 5.10. The molecule has 112 valence electrons. The van der Waals surface area contributed by atoms with E-state index in [1.807, 2.05) is 26.0 Å². The number of hydrogen-bond donors (Lipinski definition) is 1. The van der Waals surface area contributed by atoms with Crippen molar-refractivity contribution in [2.45, 2.75) is 20.0 Å². The molecule has 1 aliphatic heterocycles. The zero-order valence-corrected chi connectivity index (χ0v) is 12.2. The van der Waals surface area contributed by atoms with Crippen molar-refractivity contribution in [1.82, 2.24) is 4.90 Å². The summed E-state index contributed by atoms with van der Waals surface area (Å²) in [5, 5.41) is 8.93. The Balaban J connectivity index is 2.03. The molecule has 1 atom stereocenters. The van der Waals surface area contributed by atoms with Crippen LogP contribution in [0.5, 0.6) is 0 Å². The Labute approximate surface area is 123 Å². The number of morpholine rings is 1. The van der Waals surface area contributed by atoms with Gasteiger partial charge in [0, 0.05) is 12.6 Å². The van der Waals surface area contributed by atoms with Crippen molar-refractivity contribution in [3.63, 3.8) is 0 Å². The Hall–Kier alpha value is -2.14. The molecule has 1 saturated heterocycles. The molecule has 1 amide bonds. The van der Waals surface area contributed by atoms with Gasteiger partial charge in [-0.1, -0.05) is 23.8 Å². The van der Waals surface area contributed by atoms with E-state index >= 15 is 0 Å². The Morgan fingerprint density at radius 1 is 1.38 bits per heavy atom. The molecule has 1 aromatic rings. The van der Waals surface area contributed by atoms with Crippen molar-refractivity contribution in [2.24, 2.45) is 0 Å². The van der Waals surface area contributed by atoms with E-state index < -0.39 is 12.1 Å². The van der Waals surface area contributed by atoms with Gasteiger partial charge in [-0.2, -0.15) is 0 Å². The molecule has 0 aliphatic carbocycles. The smallest absolute Gasteiger partial charge is 0.334 e. The molecule has 1 heterocycles. The predicted octanol–water partition coefficient (Wildman–Crippen LogP) is 1.63. The van der Waals surface area contributed by atoms with Gasteiger partial charge in [0.1, 0.15) is 0 Å². The zero-order valence-electron chi connectivity index (χ0n) is 12.2. The molecule has 5 heteroatoms. The van der Waals surface area contributed by atoms with Gasteiger partial charge in [0.05, 0.1) is 13.2 Å². The van der Waals surface area contributed by atoms with Gasteiger partial charge in [-0.05, 0) is 31.1 Å². The van der Waals surface area contributed by atoms with E-state index in [1.165, 1.54) is 16.5 Å². The first-order valence-electron chi connectivity index (χ1n) is 6.86. The van der Waals surface area contributed by atoms with Crippen LogP contribution in [0.15, 0.2) is 24.3 Å². The highest BCUT2D eigenvalue weighted by atomic mass is 16.5. The first-order chi connectivity index (χ1) is 9.97. The SMILES string of the molecule is Cc1ccc(C=CC(=O)N2CCOC(C(=O)O)C2)c(C)c1. The van der Waals surface area contributed by atoms with Gasteiger partial charge < -0.3 is 14.7 Å². The zero-order chi connectivity index (χ0) is 15.4. The second kappa shape index (κ2) is 6.54. The summed E-state index contributed by atoms with van der Waals surface area (Å²) in [6.45, 7) is 4.77. The fourth-order valence-electron chi connectivity index (χ4n) is 2.28. The Bertz CT molecular complexity index is 580. The second-order valence-corrected chi connectivity index (χ2v) is 5.18. The maximum absolute atomic E-state index is 12.1. The molecular formula is C16H19NO4. The van der Waals surface area contributed by atoms with Crippen LogP contribution in [0.1, 0.15) is 16.7 Å². The van der Waals surface area contributed by atoms with Crippen molar-refractivity contribution in [1.29, 1.82) is 0 Å². The summed E-state index contributed by atoms with van der Waals surface area (Å²) in [6, 6.07) is 6.01. The topological polar surface area (TPSA) is 66.8 Å². The van der Waals surface area contributed by atoms with Crippen LogP contribution in [0.3, 0.4) is 0 Å². The van der Waals surface area contributed by atoms with Crippen molar-refractivity contribution >= 4 is 18.0 Å². The third kappa shape index (κ3) is 3.92. The number of carboxylic acids is 1. The average Bonchev–Trinajstić information content (AvgIpc) is 2.46. The molecule has 21 heavy (non-hydrogen) atoms. The molecular weight excluding hydrogens is 270 g/mol. The molecule has 1 aromatic carbocycles. The first-order valence-corrected chi connectivity index (χ1v) is 6.86. The number of nitrogens with zero attached hydrogens (tertiary/aromatic N) is 1. The van der Waals surface area contributed by atoms with Gasteiger partial charge in [-0.25, -0.2) is 4.79 Å². The second-order valence-electron chi connectivity index (χ2n) is 5.18. The minimum Gasteiger partial charge on any atom is -0.479 e. The van der Waals surface area contributed by atoms with Gasteiger partial charge in [-0.15, -0.1) is 0 Å². The minimum absolute atomic E-state index is 0.0887. The van der Waals surface area contributed by atoms with E-state index in [0.717, 1.165) is 11.1 Å². The Kier molecular flexibility index (Phi) is 4.75. The fourth-order valence-corrected chi connectivity index (χ4v) is 2.28. The van der Waals surface area contributed by atoms with E-state index in [2.05, 4.69) is 6.07 Å². The molecule has 5 nitrogen and oxygen atoms in total. The fraction of sp³-hybridized carbons (Fsp3) is 0.375. The average molecular weight is 289 g/mol. The highest BCUT2D eigenvalue weighted by Crippen LogP contribution is 2.13. The normalized spacial score (nSPS) is 19.0. The van der Waals surface area contributed by atoms with Crippen molar-refractivity contribution in [3.05, 3.63) is 41.0 Å². The highest BCUT2D eigenvalue weighted by molar-refractivity contribution is 5.92. The highest BCUT2D eigenvalue weighted by Gasteiger charge is 2.27. The molecule has 0 saturated carbocycles. The largest absolute Gasteiger partial charge is 0.479 e. The van der Waals surface area contributed by atoms with Gasteiger partial charge in [-0.3, -0.25) is 4.79 Å². The maximum atomic E-state index is 12.1.